The second-order valence-electron chi connectivity index (χ2n) is 1.52. The SMILES string of the molecule is COc1ccccc1.Cl.Cl.Cl. The molecule has 0 amide bonds. The fourth-order valence-electron chi connectivity index (χ4n) is 0.557. The highest BCUT2D eigenvalue weighted by atomic mass is 35.5. The molecule has 0 spiro atoms. The highest BCUT2D eigenvalue weighted by Gasteiger charge is 1.80. The van der Waals surface area contributed by atoms with Crippen LogP contribution in [0.5, 0.6) is 5.75 Å². The molecule has 1 aromatic carbocycles. The summed E-state index contributed by atoms with van der Waals surface area (Å²) in [5.41, 5.74) is 0. The maximum Gasteiger partial charge on any atom is 0.118 e. The van der Waals surface area contributed by atoms with E-state index in [0.717, 1.165) is 5.75 Å². The third kappa shape index (κ3) is 6.29. The molecule has 0 saturated carbocycles. The predicted octanol–water partition coefficient (Wildman–Crippen LogP) is 2.96. The van der Waals surface area contributed by atoms with Crippen LogP contribution in [0.4, 0.5) is 0 Å². The lowest BCUT2D eigenvalue weighted by Gasteiger charge is -1.93. The summed E-state index contributed by atoms with van der Waals surface area (Å²) in [6.07, 6.45) is 0. The lowest BCUT2D eigenvalue weighted by atomic mass is 10.3. The Kier molecular flexibility index (Phi) is 15.4. The van der Waals surface area contributed by atoms with Crippen LogP contribution >= 0.6 is 37.2 Å². The summed E-state index contributed by atoms with van der Waals surface area (Å²) >= 11 is 0. The number of ether oxygens (including phenoxy) is 1. The fraction of sp³-hybridized carbons (Fsp3) is 0.143. The van der Waals surface area contributed by atoms with Crippen LogP contribution in [0.2, 0.25) is 0 Å². The number of methoxy groups -OCH3 is 1. The van der Waals surface area contributed by atoms with Crippen LogP contribution in [0.15, 0.2) is 30.3 Å². The zero-order valence-corrected chi connectivity index (χ0v) is 8.47. The molecule has 0 unspecified atom stereocenters. The molecule has 0 radical (unpaired) electrons. The van der Waals surface area contributed by atoms with Crippen LogP contribution in [0, 0.1) is 0 Å². The van der Waals surface area contributed by atoms with E-state index in [4.69, 9.17) is 4.74 Å². The summed E-state index contributed by atoms with van der Waals surface area (Å²) in [4.78, 5) is 0. The summed E-state index contributed by atoms with van der Waals surface area (Å²) in [5, 5.41) is 0. The van der Waals surface area contributed by atoms with Crippen molar-refractivity contribution in [2.24, 2.45) is 0 Å². The van der Waals surface area contributed by atoms with E-state index in [2.05, 4.69) is 0 Å². The molecule has 1 aromatic rings. The molecule has 0 aliphatic rings. The van der Waals surface area contributed by atoms with Crippen molar-refractivity contribution >= 4 is 37.2 Å². The van der Waals surface area contributed by atoms with Gasteiger partial charge in [0.15, 0.2) is 0 Å². The molecule has 4 heteroatoms. The minimum Gasteiger partial charge on any atom is -0.497 e. The van der Waals surface area contributed by atoms with Crippen molar-refractivity contribution in [3.8, 4) is 5.75 Å². The number of benzene rings is 1. The minimum atomic E-state index is 0. The zero-order valence-electron chi connectivity index (χ0n) is 6.02. The second kappa shape index (κ2) is 9.89. The largest absolute Gasteiger partial charge is 0.497 e. The van der Waals surface area contributed by atoms with Crippen LogP contribution in [0.3, 0.4) is 0 Å². The molecule has 1 rings (SSSR count). The van der Waals surface area contributed by atoms with Crippen molar-refractivity contribution in [1.29, 1.82) is 0 Å². The molecule has 0 aliphatic carbocycles. The van der Waals surface area contributed by atoms with Gasteiger partial charge in [-0.15, -0.1) is 37.2 Å². The van der Waals surface area contributed by atoms with Crippen molar-refractivity contribution in [1.82, 2.24) is 0 Å². The van der Waals surface area contributed by atoms with E-state index in [0.29, 0.717) is 0 Å². The molecular formula is C7H11Cl3O. The second-order valence-corrected chi connectivity index (χ2v) is 1.52. The molecule has 66 valence electrons. The Hall–Kier alpha value is -0.110. The van der Waals surface area contributed by atoms with Crippen LogP contribution < -0.4 is 4.74 Å². The molecule has 0 saturated heterocycles. The topological polar surface area (TPSA) is 9.23 Å². The van der Waals surface area contributed by atoms with Gasteiger partial charge in [-0.3, -0.25) is 0 Å². The first-order chi connectivity index (χ1) is 3.93. The van der Waals surface area contributed by atoms with Crippen LogP contribution in [0.1, 0.15) is 0 Å². The fourth-order valence-corrected chi connectivity index (χ4v) is 0.557. The Morgan fingerprint density at radius 3 is 1.64 bits per heavy atom. The normalized spacial score (nSPS) is 6.27. The third-order valence-corrected chi connectivity index (χ3v) is 0.979. The number of rotatable bonds is 1. The molecular weight excluding hydrogens is 206 g/mol. The number of hydrogen-bond donors (Lipinski definition) is 0. The van der Waals surface area contributed by atoms with Gasteiger partial charge in [-0.2, -0.15) is 0 Å². The number of hydrogen-bond acceptors (Lipinski definition) is 1. The van der Waals surface area contributed by atoms with Gasteiger partial charge in [-0.1, -0.05) is 18.2 Å². The van der Waals surface area contributed by atoms with Crippen molar-refractivity contribution in [3.63, 3.8) is 0 Å². The van der Waals surface area contributed by atoms with Crippen molar-refractivity contribution in [3.05, 3.63) is 30.3 Å². The average molecular weight is 218 g/mol. The Bertz CT molecular complexity index is 155. The Balaban J connectivity index is -0.000000213. The Morgan fingerprint density at radius 2 is 1.36 bits per heavy atom. The highest BCUT2D eigenvalue weighted by molar-refractivity contribution is 5.86. The van der Waals surface area contributed by atoms with Gasteiger partial charge in [0.25, 0.3) is 0 Å². The van der Waals surface area contributed by atoms with E-state index in [1.54, 1.807) is 7.11 Å². The molecule has 0 aromatic heterocycles. The van der Waals surface area contributed by atoms with Gasteiger partial charge in [0.2, 0.25) is 0 Å². The van der Waals surface area contributed by atoms with E-state index in [9.17, 15) is 0 Å². The minimum absolute atomic E-state index is 0. The summed E-state index contributed by atoms with van der Waals surface area (Å²) < 4.78 is 4.91. The maximum absolute atomic E-state index is 4.91. The van der Waals surface area contributed by atoms with E-state index in [-0.39, 0.29) is 37.2 Å². The van der Waals surface area contributed by atoms with Gasteiger partial charge < -0.3 is 4.74 Å². The standard InChI is InChI=1S/C7H8O.3ClH/c1-8-7-5-3-2-4-6-7;;;/h2-6H,1H3;3*1H. The molecule has 0 bridgehead atoms. The number of halogens is 3. The summed E-state index contributed by atoms with van der Waals surface area (Å²) in [6, 6.07) is 9.68. The van der Waals surface area contributed by atoms with Crippen LogP contribution in [0.25, 0.3) is 0 Å². The predicted molar refractivity (Wildman–Crippen MR) is 54.7 cm³/mol. The smallest absolute Gasteiger partial charge is 0.118 e. The summed E-state index contributed by atoms with van der Waals surface area (Å²) in [6.45, 7) is 0. The van der Waals surface area contributed by atoms with Crippen molar-refractivity contribution < 1.29 is 4.74 Å². The van der Waals surface area contributed by atoms with E-state index in [1.165, 1.54) is 0 Å². The monoisotopic (exact) mass is 216 g/mol. The first-order valence-corrected chi connectivity index (χ1v) is 2.52. The summed E-state index contributed by atoms with van der Waals surface area (Å²) in [5.74, 6) is 0.910. The number of para-hydroxylation sites is 1. The highest BCUT2D eigenvalue weighted by Crippen LogP contribution is 2.05. The molecule has 0 atom stereocenters. The first kappa shape index (κ1) is 17.1. The first-order valence-electron chi connectivity index (χ1n) is 2.52. The van der Waals surface area contributed by atoms with Crippen molar-refractivity contribution in [2.45, 2.75) is 0 Å². The van der Waals surface area contributed by atoms with Gasteiger partial charge in [-0.05, 0) is 12.1 Å². The Labute approximate surface area is 85.4 Å². The van der Waals surface area contributed by atoms with Crippen molar-refractivity contribution in [2.75, 3.05) is 7.11 Å². The van der Waals surface area contributed by atoms with E-state index in [1.807, 2.05) is 30.3 Å². The third-order valence-electron chi connectivity index (χ3n) is 0.979. The van der Waals surface area contributed by atoms with Crippen LogP contribution in [-0.4, -0.2) is 7.11 Å². The molecule has 0 aliphatic heterocycles. The van der Waals surface area contributed by atoms with E-state index >= 15 is 0 Å². The van der Waals surface area contributed by atoms with Gasteiger partial charge in [0.1, 0.15) is 5.75 Å². The van der Waals surface area contributed by atoms with Gasteiger partial charge in [0.05, 0.1) is 7.11 Å². The lowest BCUT2D eigenvalue weighted by molar-refractivity contribution is 0.415. The van der Waals surface area contributed by atoms with E-state index < -0.39 is 0 Å². The molecule has 1 nitrogen and oxygen atoms in total. The average Bonchev–Trinajstić information content (AvgIpc) is 1.90. The molecule has 0 fully saturated rings. The van der Waals surface area contributed by atoms with Gasteiger partial charge in [-0.25, -0.2) is 0 Å². The quantitative estimate of drug-likeness (QED) is 0.703. The molecule has 0 heterocycles. The maximum atomic E-state index is 4.91. The lowest BCUT2D eigenvalue weighted by Crippen LogP contribution is -1.78. The van der Waals surface area contributed by atoms with Gasteiger partial charge >= 0.3 is 0 Å². The summed E-state index contributed by atoms with van der Waals surface area (Å²) in [7, 11) is 1.66. The molecule has 11 heavy (non-hydrogen) atoms. The Morgan fingerprint density at radius 1 is 0.909 bits per heavy atom. The molecule has 0 N–H and O–H groups in total. The zero-order chi connectivity index (χ0) is 5.82. The van der Waals surface area contributed by atoms with Gasteiger partial charge in [0, 0.05) is 0 Å². The van der Waals surface area contributed by atoms with Crippen LogP contribution in [-0.2, 0) is 0 Å².